The lowest BCUT2D eigenvalue weighted by Gasteiger charge is -2.02. The molecular weight excluding hydrogens is 232 g/mol. The highest BCUT2D eigenvalue weighted by molar-refractivity contribution is 9.10. The van der Waals surface area contributed by atoms with E-state index < -0.39 is 0 Å². The van der Waals surface area contributed by atoms with Crippen LogP contribution >= 0.6 is 15.9 Å². The Morgan fingerprint density at radius 2 is 2.23 bits per heavy atom. The monoisotopic (exact) mass is 238 g/mol. The molecule has 2 N–H and O–H groups in total. The predicted molar refractivity (Wildman–Crippen MR) is 53.3 cm³/mol. The third kappa shape index (κ3) is 1.87. The van der Waals surface area contributed by atoms with Crippen LogP contribution in [0, 0.1) is 11.3 Å². The van der Waals surface area contributed by atoms with Crippen LogP contribution in [0.3, 0.4) is 0 Å². The number of benzene rings is 1. The molecule has 13 heavy (non-hydrogen) atoms. The summed E-state index contributed by atoms with van der Waals surface area (Å²) in [6.07, 6.45) is 0. The van der Waals surface area contributed by atoms with Crippen LogP contribution in [0.2, 0.25) is 0 Å². The van der Waals surface area contributed by atoms with Crippen molar-refractivity contribution in [1.82, 2.24) is 0 Å². The molecule has 0 unspecified atom stereocenters. The summed E-state index contributed by atoms with van der Waals surface area (Å²) in [4.78, 5) is 11.0. The van der Waals surface area contributed by atoms with Crippen LogP contribution in [-0.2, 0) is 0 Å². The van der Waals surface area contributed by atoms with Crippen molar-refractivity contribution >= 4 is 27.4 Å². The van der Waals surface area contributed by atoms with Gasteiger partial charge in [-0.05, 0) is 35.0 Å². The van der Waals surface area contributed by atoms with Gasteiger partial charge in [-0.2, -0.15) is 5.26 Å². The molecule has 0 radical (unpaired) electrons. The average molecular weight is 239 g/mol. The number of halogens is 1. The minimum Gasteiger partial charge on any atom is -0.398 e. The Morgan fingerprint density at radius 1 is 1.62 bits per heavy atom. The van der Waals surface area contributed by atoms with Crippen molar-refractivity contribution in [2.45, 2.75) is 6.92 Å². The molecule has 3 nitrogen and oxygen atoms in total. The molecule has 0 amide bonds. The van der Waals surface area contributed by atoms with Crippen molar-refractivity contribution in [2.75, 3.05) is 5.73 Å². The lowest BCUT2D eigenvalue weighted by molar-refractivity contribution is 0.101. The van der Waals surface area contributed by atoms with Crippen LogP contribution in [0.1, 0.15) is 22.8 Å². The van der Waals surface area contributed by atoms with Crippen molar-refractivity contribution in [1.29, 1.82) is 5.26 Å². The first-order valence-electron chi connectivity index (χ1n) is 3.56. The molecular formula is C9H7BrN2O. The highest BCUT2D eigenvalue weighted by Crippen LogP contribution is 2.25. The highest BCUT2D eigenvalue weighted by Gasteiger charge is 2.08. The van der Waals surface area contributed by atoms with Crippen LogP contribution in [0.5, 0.6) is 0 Å². The number of nitrogen functional groups attached to an aromatic ring is 1. The Balaban J connectivity index is 3.41. The van der Waals surface area contributed by atoms with Crippen molar-refractivity contribution in [3.63, 3.8) is 0 Å². The van der Waals surface area contributed by atoms with E-state index in [9.17, 15) is 4.79 Å². The molecule has 0 atom stereocenters. The Labute approximate surface area is 84.3 Å². The van der Waals surface area contributed by atoms with E-state index in [-0.39, 0.29) is 5.78 Å². The number of carbonyl (C=O) groups excluding carboxylic acids is 1. The first kappa shape index (κ1) is 9.75. The van der Waals surface area contributed by atoms with Gasteiger partial charge in [-0.15, -0.1) is 0 Å². The van der Waals surface area contributed by atoms with Gasteiger partial charge in [0.2, 0.25) is 0 Å². The van der Waals surface area contributed by atoms with Crippen LogP contribution < -0.4 is 5.73 Å². The molecule has 1 aromatic carbocycles. The number of carbonyl (C=O) groups is 1. The van der Waals surface area contributed by atoms with E-state index in [0.29, 0.717) is 21.3 Å². The molecule has 0 aliphatic carbocycles. The summed E-state index contributed by atoms with van der Waals surface area (Å²) in [5.41, 5.74) is 6.83. The summed E-state index contributed by atoms with van der Waals surface area (Å²) < 4.78 is 0.542. The number of anilines is 1. The molecule has 0 aromatic heterocycles. The van der Waals surface area contributed by atoms with E-state index in [0.717, 1.165) is 0 Å². The second-order valence-electron chi connectivity index (χ2n) is 2.60. The normalized spacial score (nSPS) is 9.31. The van der Waals surface area contributed by atoms with Crippen LogP contribution in [0.4, 0.5) is 5.69 Å². The third-order valence-electron chi connectivity index (χ3n) is 1.63. The molecule has 0 saturated heterocycles. The van der Waals surface area contributed by atoms with Crippen LogP contribution in [0.25, 0.3) is 0 Å². The van der Waals surface area contributed by atoms with Crippen LogP contribution in [-0.4, -0.2) is 5.78 Å². The molecule has 0 saturated carbocycles. The topological polar surface area (TPSA) is 66.9 Å². The summed E-state index contributed by atoms with van der Waals surface area (Å²) in [6, 6.07) is 5.02. The molecule has 0 aliphatic heterocycles. The van der Waals surface area contributed by atoms with Gasteiger partial charge in [0.05, 0.1) is 10.0 Å². The van der Waals surface area contributed by atoms with Gasteiger partial charge < -0.3 is 5.73 Å². The maximum atomic E-state index is 11.0. The van der Waals surface area contributed by atoms with Gasteiger partial charge in [0.1, 0.15) is 6.07 Å². The predicted octanol–water partition coefficient (Wildman–Crippen LogP) is 2.11. The van der Waals surface area contributed by atoms with E-state index in [1.54, 1.807) is 6.07 Å². The van der Waals surface area contributed by atoms with Crippen molar-refractivity contribution in [3.8, 4) is 6.07 Å². The van der Waals surface area contributed by atoms with Gasteiger partial charge >= 0.3 is 0 Å². The van der Waals surface area contributed by atoms with Gasteiger partial charge in [-0.1, -0.05) is 0 Å². The zero-order chi connectivity index (χ0) is 10.0. The number of Topliss-reactive ketones (excluding diaryl/α,β-unsaturated/α-hetero) is 1. The Bertz CT molecular complexity index is 407. The molecule has 0 fully saturated rings. The lowest BCUT2D eigenvalue weighted by Crippen LogP contribution is -1.97. The molecule has 0 heterocycles. The fraction of sp³-hybridized carbons (Fsp3) is 0.111. The molecule has 0 bridgehead atoms. The van der Waals surface area contributed by atoms with Crippen molar-refractivity contribution in [2.24, 2.45) is 0 Å². The molecule has 1 aromatic rings. The third-order valence-corrected chi connectivity index (χ3v) is 2.51. The smallest absolute Gasteiger partial charge is 0.159 e. The summed E-state index contributed by atoms with van der Waals surface area (Å²) in [7, 11) is 0. The van der Waals surface area contributed by atoms with E-state index in [2.05, 4.69) is 15.9 Å². The SMILES string of the molecule is CC(=O)c1cc(N)c(Br)c(C#N)c1. The molecule has 0 aliphatic rings. The number of nitrogens with two attached hydrogens (primary N) is 1. The second-order valence-corrected chi connectivity index (χ2v) is 3.39. The summed E-state index contributed by atoms with van der Waals surface area (Å²) >= 11 is 3.16. The Morgan fingerprint density at radius 3 is 2.69 bits per heavy atom. The first-order chi connectivity index (χ1) is 6.06. The highest BCUT2D eigenvalue weighted by atomic mass is 79.9. The standard InChI is InChI=1S/C9H7BrN2O/c1-5(13)6-2-7(4-11)9(10)8(12)3-6/h2-3H,12H2,1H3. The van der Waals surface area contributed by atoms with E-state index in [4.69, 9.17) is 11.0 Å². The number of nitriles is 1. The minimum absolute atomic E-state index is 0.101. The zero-order valence-electron chi connectivity index (χ0n) is 6.97. The van der Waals surface area contributed by atoms with Gasteiger partial charge in [0.25, 0.3) is 0 Å². The van der Waals surface area contributed by atoms with Gasteiger partial charge in [0, 0.05) is 11.3 Å². The molecule has 0 spiro atoms. The van der Waals surface area contributed by atoms with Crippen LogP contribution in [0.15, 0.2) is 16.6 Å². The summed E-state index contributed by atoms with van der Waals surface area (Å²) in [6.45, 7) is 1.43. The number of rotatable bonds is 1. The fourth-order valence-corrected chi connectivity index (χ4v) is 1.25. The molecule has 1 rings (SSSR count). The minimum atomic E-state index is -0.101. The summed E-state index contributed by atoms with van der Waals surface area (Å²) in [5, 5.41) is 8.70. The largest absolute Gasteiger partial charge is 0.398 e. The second kappa shape index (κ2) is 3.58. The first-order valence-corrected chi connectivity index (χ1v) is 4.35. The van der Waals surface area contributed by atoms with E-state index >= 15 is 0 Å². The van der Waals surface area contributed by atoms with Crippen molar-refractivity contribution < 1.29 is 4.79 Å². The molecule has 4 heteroatoms. The zero-order valence-corrected chi connectivity index (χ0v) is 8.55. The summed E-state index contributed by atoms with van der Waals surface area (Å²) in [5.74, 6) is -0.101. The lowest BCUT2D eigenvalue weighted by atomic mass is 10.1. The maximum Gasteiger partial charge on any atom is 0.159 e. The molecule has 66 valence electrons. The van der Waals surface area contributed by atoms with E-state index in [1.807, 2.05) is 6.07 Å². The number of ketones is 1. The average Bonchev–Trinajstić information content (AvgIpc) is 2.09. The maximum absolute atomic E-state index is 11.0. The number of hydrogen-bond donors (Lipinski definition) is 1. The van der Waals surface area contributed by atoms with Crippen molar-refractivity contribution in [3.05, 3.63) is 27.7 Å². The van der Waals surface area contributed by atoms with E-state index in [1.165, 1.54) is 13.0 Å². The number of hydrogen-bond acceptors (Lipinski definition) is 3. The fourth-order valence-electron chi connectivity index (χ4n) is 0.932. The quantitative estimate of drug-likeness (QED) is 0.602. The van der Waals surface area contributed by atoms with Gasteiger partial charge in [0.15, 0.2) is 5.78 Å². The van der Waals surface area contributed by atoms with Gasteiger partial charge in [-0.25, -0.2) is 0 Å². The van der Waals surface area contributed by atoms with Gasteiger partial charge in [-0.3, -0.25) is 4.79 Å². The Kier molecular flexibility index (Phi) is 2.69. The Hall–Kier alpha value is -1.34. The number of nitrogens with zero attached hydrogens (tertiary/aromatic N) is 1.